The molecule has 0 aliphatic rings. The number of furan rings is 1. The van der Waals surface area contributed by atoms with E-state index in [1.54, 1.807) is 12.1 Å². The van der Waals surface area contributed by atoms with Crippen LogP contribution < -0.4 is 16.0 Å². The summed E-state index contributed by atoms with van der Waals surface area (Å²) in [5, 5.41) is 7.17. The smallest absolute Gasteiger partial charge is 0.418 e. The Bertz CT molecular complexity index is 1120. The van der Waals surface area contributed by atoms with Crippen molar-refractivity contribution in [1.29, 1.82) is 0 Å². The first-order valence-electron chi connectivity index (χ1n) is 9.34. The van der Waals surface area contributed by atoms with E-state index in [1.165, 1.54) is 43.5 Å². The fourth-order valence-electron chi connectivity index (χ4n) is 2.76. The van der Waals surface area contributed by atoms with Gasteiger partial charge < -0.3 is 20.4 Å². The highest BCUT2D eigenvalue weighted by atomic mass is 19.4. The Hall–Kier alpha value is -4.08. The molecule has 0 unspecified atom stereocenters. The van der Waals surface area contributed by atoms with Crippen molar-refractivity contribution in [3.63, 3.8) is 0 Å². The van der Waals surface area contributed by atoms with Gasteiger partial charge in [0.15, 0.2) is 5.76 Å². The first kappa shape index (κ1) is 22.6. The van der Waals surface area contributed by atoms with Crippen LogP contribution in [0.3, 0.4) is 0 Å². The molecular weight excluding hydrogens is 427 g/mol. The second kappa shape index (κ2) is 9.38. The van der Waals surface area contributed by atoms with E-state index in [4.69, 9.17) is 4.42 Å². The average molecular weight is 445 g/mol. The zero-order chi connectivity index (χ0) is 23.3. The standard InChI is InChI=1S/C22H18F3N3O4/c1-13(29)26-12-14-4-6-15(7-5-14)20(30)28-18-9-8-16(11-17(18)22(23,24)25)27-21(31)19-3-2-10-32-19/h2-11H,12H2,1H3,(H,26,29)(H,27,31)(H,28,30). The van der Waals surface area contributed by atoms with Crippen LogP contribution in [0, 0.1) is 0 Å². The van der Waals surface area contributed by atoms with Crippen molar-refractivity contribution in [1.82, 2.24) is 5.32 Å². The molecule has 2 aromatic carbocycles. The topological polar surface area (TPSA) is 100 Å². The number of hydrogen-bond donors (Lipinski definition) is 3. The van der Waals surface area contributed by atoms with Gasteiger partial charge in [-0.15, -0.1) is 0 Å². The summed E-state index contributed by atoms with van der Waals surface area (Å²) in [5.74, 6) is -1.72. The Kier molecular flexibility index (Phi) is 6.62. The van der Waals surface area contributed by atoms with Gasteiger partial charge >= 0.3 is 6.18 Å². The van der Waals surface area contributed by atoms with Gasteiger partial charge in [-0.2, -0.15) is 13.2 Å². The third kappa shape index (κ3) is 5.75. The SMILES string of the molecule is CC(=O)NCc1ccc(C(=O)Nc2ccc(NC(=O)c3ccco3)cc2C(F)(F)F)cc1. The first-order chi connectivity index (χ1) is 15.1. The number of nitrogens with one attached hydrogen (secondary N) is 3. The van der Waals surface area contributed by atoms with Gasteiger partial charge in [0.05, 0.1) is 17.5 Å². The zero-order valence-corrected chi connectivity index (χ0v) is 16.7. The Morgan fingerprint density at radius 1 is 0.938 bits per heavy atom. The Morgan fingerprint density at radius 2 is 1.66 bits per heavy atom. The molecule has 10 heteroatoms. The van der Waals surface area contributed by atoms with Crippen LogP contribution in [-0.4, -0.2) is 17.7 Å². The predicted molar refractivity (Wildman–Crippen MR) is 110 cm³/mol. The summed E-state index contributed by atoms with van der Waals surface area (Å²) in [7, 11) is 0. The van der Waals surface area contributed by atoms with Crippen molar-refractivity contribution in [2.75, 3.05) is 10.6 Å². The number of carbonyl (C=O) groups is 3. The average Bonchev–Trinajstić information content (AvgIpc) is 3.28. The molecule has 32 heavy (non-hydrogen) atoms. The molecular formula is C22H18F3N3O4. The summed E-state index contributed by atoms with van der Waals surface area (Å²) in [6, 6.07) is 11.9. The van der Waals surface area contributed by atoms with Gasteiger partial charge in [0.1, 0.15) is 0 Å². The third-order valence-corrected chi connectivity index (χ3v) is 4.33. The molecule has 0 fully saturated rings. The minimum atomic E-state index is -4.78. The quantitative estimate of drug-likeness (QED) is 0.522. The lowest BCUT2D eigenvalue weighted by atomic mass is 10.1. The van der Waals surface area contributed by atoms with E-state index in [2.05, 4.69) is 16.0 Å². The van der Waals surface area contributed by atoms with Crippen molar-refractivity contribution in [3.05, 3.63) is 83.3 Å². The van der Waals surface area contributed by atoms with E-state index in [1.807, 2.05) is 0 Å². The molecule has 3 rings (SSSR count). The van der Waals surface area contributed by atoms with Gasteiger partial charge in [-0.3, -0.25) is 14.4 Å². The highest BCUT2D eigenvalue weighted by molar-refractivity contribution is 6.05. The molecule has 0 saturated carbocycles. The first-order valence-corrected chi connectivity index (χ1v) is 9.34. The van der Waals surface area contributed by atoms with Crippen molar-refractivity contribution in [2.24, 2.45) is 0 Å². The van der Waals surface area contributed by atoms with E-state index >= 15 is 0 Å². The molecule has 0 aliphatic carbocycles. The van der Waals surface area contributed by atoms with E-state index in [9.17, 15) is 27.6 Å². The summed E-state index contributed by atoms with van der Waals surface area (Å²) in [5.41, 5.74) is -0.825. The molecule has 0 spiro atoms. The van der Waals surface area contributed by atoms with Crippen LogP contribution in [-0.2, 0) is 17.5 Å². The van der Waals surface area contributed by atoms with Crippen LogP contribution in [0.25, 0.3) is 0 Å². The number of carbonyl (C=O) groups excluding carboxylic acids is 3. The van der Waals surface area contributed by atoms with Crippen LogP contribution in [0.1, 0.15) is 39.0 Å². The summed E-state index contributed by atoms with van der Waals surface area (Å²) < 4.78 is 45.6. The van der Waals surface area contributed by atoms with Crippen LogP contribution >= 0.6 is 0 Å². The molecule has 3 amide bonds. The van der Waals surface area contributed by atoms with Crippen LogP contribution in [0.4, 0.5) is 24.5 Å². The largest absolute Gasteiger partial charge is 0.459 e. The second-order valence-corrected chi connectivity index (χ2v) is 6.75. The highest BCUT2D eigenvalue weighted by Gasteiger charge is 2.34. The minimum Gasteiger partial charge on any atom is -0.459 e. The summed E-state index contributed by atoms with van der Waals surface area (Å²) in [6.07, 6.45) is -3.52. The summed E-state index contributed by atoms with van der Waals surface area (Å²) in [6.45, 7) is 1.63. The molecule has 0 saturated heterocycles. The molecule has 3 aromatic rings. The number of rotatable bonds is 6. The Morgan fingerprint density at radius 3 is 2.25 bits per heavy atom. The maximum Gasteiger partial charge on any atom is 0.418 e. The number of benzene rings is 2. The van der Waals surface area contributed by atoms with Crippen LogP contribution in [0.5, 0.6) is 0 Å². The molecule has 7 nitrogen and oxygen atoms in total. The summed E-state index contributed by atoms with van der Waals surface area (Å²) in [4.78, 5) is 35.4. The van der Waals surface area contributed by atoms with Crippen molar-refractivity contribution in [3.8, 4) is 0 Å². The Labute approximate surface area is 180 Å². The Balaban J connectivity index is 1.77. The van der Waals surface area contributed by atoms with E-state index < -0.39 is 29.2 Å². The highest BCUT2D eigenvalue weighted by Crippen LogP contribution is 2.37. The molecule has 166 valence electrons. The maximum atomic E-state index is 13.6. The lowest BCUT2D eigenvalue weighted by Crippen LogP contribution is -2.19. The van der Waals surface area contributed by atoms with Crippen LogP contribution in [0.15, 0.2) is 65.3 Å². The van der Waals surface area contributed by atoms with Crippen molar-refractivity contribution < 1.29 is 32.0 Å². The number of anilines is 2. The molecule has 0 radical (unpaired) electrons. The molecule has 0 bridgehead atoms. The number of halogens is 3. The number of alkyl halides is 3. The van der Waals surface area contributed by atoms with Gasteiger partial charge in [-0.25, -0.2) is 0 Å². The van der Waals surface area contributed by atoms with Gasteiger partial charge in [0.2, 0.25) is 5.91 Å². The minimum absolute atomic E-state index is 0.0575. The lowest BCUT2D eigenvalue weighted by molar-refractivity contribution is -0.136. The molecule has 1 heterocycles. The number of hydrogen-bond acceptors (Lipinski definition) is 4. The van der Waals surface area contributed by atoms with E-state index in [-0.39, 0.29) is 29.5 Å². The van der Waals surface area contributed by atoms with Gasteiger partial charge in [0, 0.05) is 24.7 Å². The van der Waals surface area contributed by atoms with Crippen molar-refractivity contribution in [2.45, 2.75) is 19.6 Å². The lowest BCUT2D eigenvalue weighted by Gasteiger charge is -2.16. The number of amides is 3. The monoisotopic (exact) mass is 445 g/mol. The fraction of sp³-hybridized carbons (Fsp3) is 0.136. The molecule has 3 N–H and O–H groups in total. The molecule has 0 atom stereocenters. The predicted octanol–water partition coefficient (Wildman–Crippen LogP) is 4.44. The molecule has 0 aliphatic heterocycles. The molecule has 1 aromatic heterocycles. The van der Waals surface area contributed by atoms with Crippen LogP contribution in [0.2, 0.25) is 0 Å². The second-order valence-electron chi connectivity index (χ2n) is 6.75. The van der Waals surface area contributed by atoms with E-state index in [0.717, 1.165) is 17.7 Å². The zero-order valence-electron chi connectivity index (χ0n) is 16.7. The van der Waals surface area contributed by atoms with E-state index in [0.29, 0.717) is 0 Å². The summed E-state index contributed by atoms with van der Waals surface area (Å²) >= 11 is 0. The van der Waals surface area contributed by atoms with Gasteiger partial charge in [0.25, 0.3) is 11.8 Å². The van der Waals surface area contributed by atoms with Gasteiger partial charge in [-0.05, 0) is 48.0 Å². The van der Waals surface area contributed by atoms with Crippen molar-refractivity contribution >= 4 is 29.1 Å². The maximum absolute atomic E-state index is 13.6. The fourth-order valence-corrected chi connectivity index (χ4v) is 2.76. The third-order valence-electron chi connectivity index (χ3n) is 4.33. The normalized spacial score (nSPS) is 11.0. The van der Waals surface area contributed by atoms with Gasteiger partial charge in [-0.1, -0.05) is 12.1 Å².